The molecule has 2 rings (SSSR count). The summed E-state index contributed by atoms with van der Waals surface area (Å²) in [4.78, 5) is 37.4. The van der Waals surface area contributed by atoms with Gasteiger partial charge in [-0.2, -0.15) is 0 Å². The minimum absolute atomic E-state index is 0. The molecule has 0 radical (unpaired) electrons. The number of halogens is 2. The van der Waals surface area contributed by atoms with Crippen LogP contribution in [0.1, 0.15) is 47.4 Å². The summed E-state index contributed by atoms with van der Waals surface area (Å²) in [7, 11) is 0. The first-order chi connectivity index (χ1) is 10.7. The van der Waals surface area contributed by atoms with E-state index in [1.54, 1.807) is 18.2 Å². The van der Waals surface area contributed by atoms with Crippen LogP contribution in [0.15, 0.2) is 22.7 Å². The molecule has 8 heteroatoms. The summed E-state index contributed by atoms with van der Waals surface area (Å²) >= 11 is 3.29. The van der Waals surface area contributed by atoms with Crippen molar-refractivity contribution < 1.29 is 14.4 Å². The third-order valence-electron chi connectivity index (χ3n) is 3.46. The van der Waals surface area contributed by atoms with Gasteiger partial charge in [0.2, 0.25) is 5.91 Å². The second-order valence-corrected chi connectivity index (χ2v) is 7.24. The lowest BCUT2D eigenvalue weighted by Crippen LogP contribution is -2.45. The zero-order valence-electron chi connectivity index (χ0n) is 13.6. The van der Waals surface area contributed by atoms with Gasteiger partial charge < -0.3 is 11.1 Å². The molecule has 0 saturated carbocycles. The first kappa shape index (κ1) is 20.6. The van der Waals surface area contributed by atoms with Gasteiger partial charge in [0.25, 0.3) is 11.8 Å². The highest BCUT2D eigenvalue weighted by atomic mass is 79.9. The van der Waals surface area contributed by atoms with Crippen LogP contribution in [0.4, 0.5) is 0 Å². The number of hydrogen-bond acceptors (Lipinski definition) is 4. The fourth-order valence-electron chi connectivity index (χ4n) is 2.28. The van der Waals surface area contributed by atoms with Gasteiger partial charge in [0.1, 0.15) is 0 Å². The summed E-state index contributed by atoms with van der Waals surface area (Å²) in [6.45, 7) is 4.25. The third kappa shape index (κ3) is 5.03. The molecule has 1 aromatic carbocycles. The van der Waals surface area contributed by atoms with Crippen LogP contribution >= 0.6 is 28.3 Å². The topological polar surface area (TPSA) is 92.5 Å². The van der Waals surface area contributed by atoms with E-state index in [0.29, 0.717) is 24.1 Å². The molecule has 1 heterocycles. The van der Waals surface area contributed by atoms with E-state index in [-0.39, 0.29) is 43.1 Å². The number of carbonyl (C=O) groups excluding carboxylic acids is 3. The highest BCUT2D eigenvalue weighted by Gasteiger charge is 2.35. The molecule has 0 aromatic heterocycles. The number of benzene rings is 1. The van der Waals surface area contributed by atoms with Gasteiger partial charge in [-0.15, -0.1) is 12.4 Å². The Labute approximate surface area is 155 Å². The molecule has 24 heavy (non-hydrogen) atoms. The van der Waals surface area contributed by atoms with Crippen molar-refractivity contribution in [2.24, 2.45) is 5.73 Å². The number of imide groups is 1. The molecule has 132 valence electrons. The number of nitrogens with one attached hydrogen (secondary N) is 1. The van der Waals surface area contributed by atoms with Crippen molar-refractivity contribution in [1.29, 1.82) is 0 Å². The van der Waals surface area contributed by atoms with Crippen molar-refractivity contribution in [2.75, 3.05) is 13.1 Å². The standard InChI is InChI=1S/C16H20BrN3O3.ClH/c1-16(2,18)9-19-13(21)4-3-7-20-14(22)11-6-5-10(17)8-12(11)15(20)23;/h5-6,8H,3-4,7,9,18H2,1-2H3,(H,19,21);1H. The number of hydrogen-bond donors (Lipinski definition) is 2. The Hall–Kier alpha value is -1.44. The lowest BCUT2D eigenvalue weighted by atomic mass is 10.1. The first-order valence-electron chi connectivity index (χ1n) is 7.40. The van der Waals surface area contributed by atoms with Crippen molar-refractivity contribution >= 4 is 46.1 Å². The van der Waals surface area contributed by atoms with Gasteiger partial charge in [-0.05, 0) is 38.5 Å². The normalized spacial score (nSPS) is 13.6. The molecule has 3 N–H and O–H groups in total. The maximum atomic E-state index is 12.3. The van der Waals surface area contributed by atoms with Crippen LogP contribution < -0.4 is 11.1 Å². The molecule has 0 atom stereocenters. The lowest BCUT2D eigenvalue weighted by Gasteiger charge is -2.19. The smallest absolute Gasteiger partial charge is 0.261 e. The van der Waals surface area contributed by atoms with Crippen LogP contribution in [0, 0.1) is 0 Å². The average Bonchev–Trinajstić information content (AvgIpc) is 2.69. The SMILES string of the molecule is CC(C)(N)CNC(=O)CCCN1C(=O)c2ccc(Br)cc2C1=O.Cl. The van der Waals surface area contributed by atoms with E-state index in [2.05, 4.69) is 21.2 Å². The molecule has 0 fully saturated rings. The molecule has 0 unspecified atom stereocenters. The highest BCUT2D eigenvalue weighted by molar-refractivity contribution is 9.10. The second-order valence-electron chi connectivity index (χ2n) is 6.32. The van der Waals surface area contributed by atoms with Crippen molar-refractivity contribution in [1.82, 2.24) is 10.2 Å². The van der Waals surface area contributed by atoms with E-state index in [1.165, 1.54) is 4.90 Å². The maximum absolute atomic E-state index is 12.3. The average molecular weight is 419 g/mol. The molecule has 1 aliphatic heterocycles. The van der Waals surface area contributed by atoms with Gasteiger partial charge in [-0.1, -0.05) is 15.9 Å². The fraction of sp³-hybridized carbons (Fsp3) is 0.438. The van der Waals surface area contributed by atoms with E-state index in [4.69, 9.17) is 5.73 Å². The second kappa shape index (κ2) is 8.09. The van der Waals surface area contributed by atoms with Crippen LogP contribution in [0.25, 0.3) is 0 Å². The Morgan fingerprint density at radius 1 is 1.25 bits per heavy atom. The Balaban J connectivity index is 0.00000288. The van der Waals surface area contributed by atoms with Crippen LogP contribution in [0.5, 0.6) is 0 Å². The molecular formula is C16H21BrClN3O3. The molecule has 1 aliphatic rings. The van der Waals surface area contributed by atoms with Gasteiger partial charge >= 0.3 is 0 Å². The van der Waals surface area contributed by atoms with Crippen LogP contribution in [-0.4, -0.2) is 41.2 Å². The molecule has 6 nitrogen and oxygen atoms in total. The molecule has 1 aromatic rings. The van der Waals surface area contributed by atoms with Crippen LogP contribution in [-0.2, 0) is 4.79 Å². The predicted molar refractivity (Wildman–Crippen MR) is 97.3 cm³/mol. The lowest BCUT2D eigenvalue weighted by molar-refractivity contribution is -0.121. The number of amides is 3. The Kier molecular flexibility index (Phi) is 6.95. The highest BCUT2D eigenvalue weighted by Crippen LogP contribution is 2.26. The van der Waals surface area contributed by atoms with Crippen molar-refractivity contribution in [3.8, 4) is 0 Å². The zero-order chi connectivity index (χ0) is 17.2. The van der Waals surface area contributed by atoms with Gasteiger partial charge in [0.05, 0.1) is 11.1 Å². The van der Waals surface area contributed by atoms with Gasteiger partial charge in [0, 0.05) is 29.5 Å². The molecule has 3 amide bonds. The summed E-state index contributed by atoms with van der Waals surface area (Å²) in [6.07, 6.45) is 0.663. The van der Waals surface area contributed by atoms with Gasteiger partial charge in [-0.3, -0.25) is 19.3 Å². The molecule has 0 saturated heterocycles. The van der Waals surface area contributed by atoms with Crippen molar-refractivity contribution in [2.45, 2.75) is 32.2 Å². The number of rotatable bonds is 6. The van der Waals surface area contributed by atoms with Crippen molar-refractivity contribution in [3.63, 3.8) is 0 Å². The minimum atomic E-state index is -0.467. The Morgan fingerprint density at radius 2 is 1.88 bits per heavy atom. The summed E-state index contributed by atoms with van der Waals surface area (Å²) in [5.41, 5.74) is 6.14. The first-order valence-corrected chi connectivity index (χ1v) is 8.20. The van der Waals surface area contributed by atoms with Gasteiger partial charge in [0.15, 0.2) is 0 Å². The van der Waals surface area contributed by atoms with Crippen LogP contribution in [0.2, 0.25) is 0 Å². The summed E-state index contributed by atoms with van der Waals surface area (Å²) in [6, 6.07) is 5.01. The molecule has 0 spiro atoms. The van der Waals surface area contributed by atoms with E-state index in [0.717, 1.165) is 4.47 Å². The van der Waals surface area contributed by atoms with Crippen LogP contribution in [0.3, 0.4) is 0 Å². The number of nitrogens with two attached hydrogens (primary N) is 1. The van der Waals surface area contributed by atoms with E-state index in [1.807, 2.05) is 13.8 Å². The number of fused-ring (bicyclic) bond motifs is 1. The van der Waals surface area contributed by atoms with E-state index in [9.17, 15) is 14.4 Å². The zero-order valence-corrected chi connectivity index (χ0v) is 16.0. The predicted octanol–water partition coefficient (Wildman–Crippen LogP) is 2.10. The molecular weight excluding hydrogens is 398 g/mol. The monoisotopic (exact) mass is 417 g/mol. The summed E-state index contributed by atoms with van der Waals surface area (Å²) in [5.74, 6) is -0.751. The molecule has 0 bridgehead atoms. The molecule has 0 aliphatic carbocycles. The number of carbonyl (C=O) groups is 3. The van der Waals surface area contributed by atoms with E-state index >= 15 is 0 Å². The van der Waals surface area contributed by atoms with Gasteiger partial charge in [-0.25, -0.2) is 0 Å². The summed E-state index contributed by atoms with van der Waals surface area (Å²) in [5, 5.41) is 2.74. The number of nitrogens with zero attached hydrogens (tertiary/aromatic N) is 1. The largest absolute Gasteiger partial charge is 0.354 e. The van der Waals surface area contributed by atoms with E-state index < -0.39 is 5.54 Å². The van der Waals surface area contributed by atoms with Crippen molar-refractivity contribution in [3.05, 3.63) is 33.8 Å². The third-order valence-corrected chi connectivity index (χ3v) is 3.95. The minimum Gasteiger partial charge on any atom is -0.354 e. The fourth-order valence-corrected chi connectivity index (χ4v) is 2.64. The summed E-state index contributed by atoms with van der Waals surface area (Å²) < 4.78 is 0.753. The Morgan fingerprint density at radius 3 is 2.50 bits per heavy atom. The quantitative estimate of drug-likeness (QED) is 0.692. The Bertz CT molecular complexity index is 658. The maximum Gasteiger partial charge on any atom is 0.261 e.